The van der Waals surface area contributed by atoms with E-state index in [-0.39, 0.29) is 10.6 Å². The Hall–Kier alpha value is -2.37. The molecule has 1 saturated heterocycles. The number of nitrogens with one attached hydrogen (secondary N) is 1. The molecule has 1 aromatic heterocycles. The third-order valence-electron chi connectivity index (χ3n) is 6.64. The number of alkyl halides is 3. The number of hydrogen-bond donors (Lipinski definition) is 3. The van der Waals surface area contributed by atoms with E-state index in [4.69, 9.17) is 11.5 Å². The summed E-state index contributed by atoms with van der Waals surface area (Å²) in [6, 6.07) is 5.82. The second-order valence-electron chi connectivity index (χ2n) is 8.71. The average Bonchev–Trinajstić information content (AvgIpc) is 2.73. The van der Waals surface area contributed by atoms with Gasteiger partial charge in [0, 0.05) is 31.0 Å². The largest absolute Gasteiger partial charge is 0.416 e. The molecule has 2 atom stereocenters. The van der Waals surface area contributed by atoms with Crippen LogP contribution >= 0.6 is 0 Å². The van der Waals surface area contributed by atoms with E-state index >= 15 is 0 Å². The van der Waals surface area contributed by atoms with Crippen LogP contribution in [0.1, 0.15) is 37.7 Å². The fraction of sp³-hybridized carbons (Fsp3) is 0.476. The van der Waals surface area contributed by atoms with E-state index in [1.54, 1.807) is 0 Å². The van der Waals surface area contributed by atoms with Crippen LogP contribution in [0.25, 0.3) is 0 Å². The van der Waals surface area contributed by atoms with Crippen LogP contribution in [0.3, 0.4) is 0 Å². The van der Waals surface area contributed by atoms with Gasteiger partial charge in [0.05, 0.1) is 22.5 Å². The molecule has 4 rings (SSSR count). The number of fused-ring (bicyclic) bond motifs is 1. The quantitative estimate of drug-likeness (QED) is 0.634. The van der Waals surface area contributed by atoms with Gasteiger partial charge in [-0.15, -0.1) is 0 Å². The fourth-order valence-corrected chi connectivity index (χ4v) is 5.76. The maximum atomic E-state index is 13.4. The lowest BCUT2D eigenvalue weighted by Gasteiger charge is -2.56. The first kappa shape index (κ1) is 22.8. The topological polar surface area (TPSA) is 114 Å². The molecule has 11 heteroatoms. The van der Waals surface area contributed by atoms with E-state index in [1.807, 2.05) is 4.90 Å². The Morgan fingerprint density at radius 2 is 1.78 bits per heavy atom. The Bertz CT molecular complexity index is 1100. The van der Waals surface area contributed by atoms with E-state index in [0.29, 0.717) is 31.6 Å². The van der Waals surface area contributed by atoms with Crippen molar-refractivity contribution in [3.8, 4) is 0 Å². The molecule has 7 nitrogen and oxygen atoms in total. The number of rotatable bonds is 4. The van der Waals surface area contributed by atoms with Gasteiger partial charge in [-0.1, -0.05) is 12.8 Å². The van der Waals surface area contributed by atoms with Gasteiger partial charge in [0.15, 0.2) is 0 Å². The van der Waals surface area contributed by atoms with Gasteiger partial charge in [0.1, 0.15) is 4.90 Å². The van der Waals surface area contributed by atoms with Crippen molar-refractivity contribution in [1.29, 1.82) is 0 Å². The Labute approximate surface area is 185 Å². The molecule has 1 aliphatic heterocycles. The molecule has 0 bridgehead atoms. The summed E-state index contributed by atoms with van der Waals surface area (Å²) in [6.45, 7) is 0.791. The first-order valence-electron chi connectivity index (χ1n) is 10.4. The van der Waals surface area contributed by atoms with Gasteiger partial charge in [-0.3, -0.25) is 9.71 Å². The summed E-state index contributed by atoms with van der Waals surface area (Å²) >= 11 is 0. The van der Waals surface area contributed by atoms with Gasteiger partial charge < -0.3 is 16.4 Å². The predicted molar refractivity (Wildman–Crippen MR) is 116 cm³/mol. The molecule has 2 aliphatic rings. The van der Waals surface area contributed by atoms with Gasteiger partial charge in [-0.25, -0.2) is 8.42 Å². The predicted octanol–water partition coefficient (Wildman–Crippen LogP) is 3.08. The number of hydrogen-bond acceptors (Lipinski definition) is 6. The van der Waals surface area contributed by atoms with Crippen molar-refractivity contribution >= 4 is 21.4 Å². The summed E-state index contributed by atoms with van der Waals surface area (Å²) in [5.41, 5.74) is 11.3. The Morgan fingerprint density at radius 1 is 1.06 bits per heavy atom. The highest BCUT2D eigenvalue weighted by Gasteiger charge is 2.51. The van der Waals surface area contributed by atoms with Crippen LogP contribution in [-0.2, 0) is 16.2 Å². The molecule has 0 unspecified atom stereocenters. The number of anilines is 2. The zero-order valence-electron chi connectivity index (χ0n) is 17.4. The minimum absolute atomic E-state index is 0.148. The molecule has 0 spiro atoms. The average molecular weight is 470 g/mol. The molecule has 1 aliphatic carbocycles. The second-order valence-corrected chi connectivity index (χ2v) is 10.4. The van der Waals surface area contributed by atoms with Gasteiger partial charge in [0.2, 0.25) is 0 Å². The van der Waals surface area contributed by atoms with E-state index < -0.39 is 32.8 Å². The lowest BCUT2D eigenvalue weighted by molar-refractivity contribution is -0.137. The van der Waals surface area contributed by atoms with Crippen molar-refractivity contribution in [3.63, 3.8) is 0 Å². The first-order valence-corrected chi connectivity index (χ1v) is 11.9. The molecule has 0 radical (unpaired) electrons. The minimum atomic E-state index is -4.63. The number of halogens is 3. The summed E-state index contributed by atoms with van der Waals surface area (Å²) in [4.78, 5) is 5.47. The van der Waals surface area contributed by atoms with Crippen LogP contribution in [0.4, 0.5) is 24.5 Å². The number of piperidine rings is 1. The summed E-state index contributed by atoms with van der Waals surface area (Å²) in [7, 11) is -4.15. The molecule has 5 N–H and O–H groups in total. The van der Waals surface area contributed by atoms with Crippen LogP contribution in [0.5, 0.6) is 0 Å². The zero-order chi connectivity index (χ0) is 23.2. The molecule has 32 heavy (non-hydrogen) atoms. The Balaban J connectivity index is 1.72. The van der Waals surface area contributed by atoms with Crippen molar-refractivity contribution in [2.75, 3.05) is 22.7 Å². The van der Waals surface area contributed by atoms with Crippen molar-refractivity contribution in [1.82, 2.24) is 4.98 Å². The molecular weight excluding hydrogens is 443 g/mol. The van der Waals surface area contributed by atoms with E-state index in [2.05, 4.69) is 9.71 Å². The molecule has 174 valence electrons. The van der Waals surface area contributed by atoms with Crippen molar-refractivity contribution in [3.05, 3.63) is 48.3 Å². The Morgan fingerprint density at radius 3 is 2.44 bits per heavy atom. The molecular formula is C21H26F3N5O2S. The second kappa shape index (κ2) is 7.89. The van der Waals surface area contributed by atoms with Crippen LogP contribution in [0, 0.1) is 0 Å². The molecule has 2 aromatic rings. The smallest absolute Gasteiger partial charge is 0.368 e. The van der Waals surface area contributed by atoms with Crippen molar-refractivity contribution in [2.45, 2.75) is 54.3 Å². The highest BCUT2D eigenvalue weighted by atomic mass is 32.2. The summed E-state index contributed by atoms with van der Waals surface area (Å²) in [5.74, 6) is 0. The monoisotopic (exact) mass is 469 g/mol. The summed E-state index contributed by atoms with van der Waals surface area (Å²) in [6.07, 6.45) is 1.91. The van der Waals surface area contributed by atoms with E-state index in [0.717, 1.165) is 37.6 Å². The normalized spacial score (nSPS) is 26.5. The molecule has 0 amide bonds. The maximum absolute atomic E-state index is 13.4. The van der Waals surface area contributed by atoms with Crippen LogP contribution in [0.2, 0.25) is 0 Å². The SMILES string of the molecule is N[C@@]12CCCC[C@@]1(N)CN(c1ccc(C(F)(F)F)cc1NS(=O)(=O)c1cccnc1)CC2. The zero-order valence-corrected chi connectivity index (χ0v) is 18.2. The standard InChI is InChI=1S/C21H26F3N5O2S/c22-21(23,24)15-5-6-18(17(12-15)28-32(30,31)16-4-3-10-27-13-16)29-11-9-19(25)7-1-2-8-20(19,26)14-29/h3-6,10,12-13,28H,1-2,7-9,11,14,25-26H2/t19-,20-/m1/s1. The van der Waals surface area contributed by atoms with E-state index in [1.165, 1.54) is 24.4 Å². The molecule has 2 fully saturated rings. The number of nitrogens with two attached hydrogens (primary N) is 2. The van der Waals surface area contributed by atoms with Gasteiger partial charge in [0.25, 0.3) is 10.0 Å². The molecule has 2 heterocycles. The lowest BCUT2D eigenvalue weighted by atomic mass is 9.64. The summed E-state index contributed by atoms with van der Waals surface area (Å²) < 4.78 is 68.2. The maximum Gasteiger partial charge on any atom is 0.416 e. The van der Waals surface area contributed by atoms with Crippen LogP contribution < -0.4 is 21.1 Å². The highest BCUT2D eigenvalue weighted by Crippen LogP contribution is 2.43. The number of benzene rings is 1. The van der Waals surface area contributed by atoms with Gasteiger partial charge >= 0.3 is 6.18 Å². The number of aromatic nitrogens is 1. The molecule has 1 aromatic carbocycles. The summed E-state index contributed by atoms with van der Waals surface area (Å²) in [5, 5.41) is 0. The third kappa shape index (κ3) is 4.16. The van der Waals surface area contributed by atoms with Crippen LogP contribution in [-0.4, -0.2) is 37.6 Å². The number of pyridine rings is 1. The lowest BCUT2D eigenvalue weighted by Crippen LogP contribution is -2.75. The van der Waals surface area contributed by atoms with Crippen LogP contribution in [0.15, 0.2) is 47.6 Å². The van der Waals surface area contributed by atoms with Gasteiger partial charge in [-0.2, -0.15) is 13.2 Å². The number of sulfonamides is 1. The van der Waals surface area contributed by atoms with Gasteiger partial charge in [-0.05, 0) is 49.6 Å². The first-order chi connectivity index (χ1) is 14.9. The third-order valence-corrected chi connectivity index (χ3v) is 7.99. The van der Waals surface area contributed by atoms with Crippen molar-refractivity contribution < 1.29 is 21.6 Å². The molecule has 1 saturated carbocycles. The Kier molecular flexibility index (Phi) is 5.62. The highest BCUT2D eigenvalue weighted by molar-refractivity contribution is 7.92. The fourth-order valence-electron chi connectivity index (χ4n) is 4.73. The minimum Gasteiger partial charge on any atom is -0.368 e. The van der Waals surface area contributed by atoms with E-state index in [9.17, 15) is 21.6 Å². The van der Waals surface area contributed by atoms with Crippen molar-refractivity contribution in [2.24, 2.45) is 11.5 Å². The number of nitrogens with zero attached hydrogens (tertiary/aromatic N) is 2.